The highest BCUT2D eigenvalue weighted by molar-refractivity contribution is 6.30. The summed E-state index contributed by atoms with van der Waals surface area (Å²) in [6.45, 7) is 0. The Morgan fingerprint density at radius 2 is 1.93 bits per heavy atom. The van der Waals surface area contributed by atoms with Crippen LogP contribution in [0.15, 0.2) is 53.1 Å². The summed E-state index contributed by atoms with van der Waals surface area (Å²) in [6, 6.07) is 13.1. The van der Waals surface area contributed by atoms with Gasteiger partial charge in [0, 0.05) is 23.2 Å². The van der Waals surface area contributed by atoms with Gasteiger partial charge in [0.25, 0.3) is 5.91 Å². The Labute approximate surface area is 162 Å². The first kappa shape index (κ1) is 17.8. The number of amides is 1. The molecule has 1 saturated carbocycles. The molecule has 27 heavy (non-hydrogen) atoms. The van der Waals surface area contributed by atoms with Gasteiger partial charge in [0.2, 0.25) is 0 Å². The molecule has 1 aromatic carbocycles. The quantitative estimate of drug-likeness (QED) is 0.716. The molecule has 3 N–H and O–H groups in total. The van der Waals surface area contributed by atoms with E-state index in [1.807, 2.05) is 18.2 Å². The number of rotatable bonds is 4. The van der Waals surface area contributed by atoms with Crippen molar-refractivity contribution in [1.29, 1.82) is 0 Å². The summed E-state index contributed by atoms with van der Waals surface area (Å²) >= 11 is 5.99. The molecule has 2 aromatic heterocycles. The molecule has 2 heterocycles. The second-order valence-corrected chi connectivity index (χ2v) is 7.30. The number of hydrogen-bond donors (Lipinski definition) is 2. The molecule has 140 valence electrons. The number of nitrogens with zero attached hydrogens (tertiary/aromatic N) is 2. The lowest BCUT2D eigenvalue weighted by Crippen LogP contribution is -2.40. The third-order valence-corrected chi connectivity index (χ3v) is 5.15. The molecule has 3 aromatic rings. The zero-order valence-corrected chi connectivity index (χ0v) is 15.5. The highest BCUT2D eigenvalue weighted by Crippen LogP contribution is 2.26. The van der Waals surface area contributed by atoms with Crippen LogP contribution in [-0.4, -0.2) is 27.8 Å². The van der Waals surface area contributed by atoms with Crippen molar-refractivity contribution >= 4 is 17.5 Å². The molecular weight excluding hydrogens is 364 g/mol. The second-order valence-electron chi connectivity index (χ2n) is 6.87. The van der Waals surface area contributed by atoms with Crippen molar-refractivity contribution in [1.82, 2.24) is 15.1 Å². The van der Waals surface area contributed by atoms with E-state index in [1.54, 1.807) is 35.2 Å². The summed E-state index contributed by atoms with van der Waals surface area (Å²) in [5.41, 5.74) is 7.80. The van der Waals surface area contributed by atoms with Gasteiger partial charge in [-0.15, -0.1) is 0 Å². The van der Waals surface area contributed by atoms with Gasteiger partial charge < -0.3 is 15.5 Å². The molecule has 0 spiro atoms. The fraction of sp³-hybridized carbons (Fsp3) is 0.300. The van der Waals surface area contributed by atoms with E-state index in [0.717, 1.165) is 31.4 Å². The van der Waals surface area contributed by atoms with E-state index >= 15 is 0 Å². The van der Waals surface area contributed by atoms with Gasteiger partial charge in [-0.25, -0.2) is 4.68 Å². The van der Waals surface area contributed by atoms with Gasteiger partial charge >= 0.3 is 0 Å². The van der Waals surface area contributed by atoms with Crippen LogP contribution in [0, 0.1) is 0 Å². The Morgan fingerprint density at radius 3 is 2.59 bits per heavy atom. The molecule has 1 aliphatic rings. The van der Waals surface area contributed by atoms with Crippen molar-refractivity contribution in [3.05, 3.63) is 59.4 Å². The minimum absolute atomic E-state index is 0.144. The third-order valence-electron chi connectivity index (χ3n) is 4.89. The van der Waals surface area contributed by atoms with E-state index in [4.69, 9.17) is 21.8 Å². The summed E-state index contributed by atoms with van der Waals surface area (Å²) in [4.78, 5) is 12.7. The summed E-state index contributed by atoms with van der Waals surface area (Å²) < 4.78 is 7.22. The third kappa shape index (κ3) is 3.91. The molecule has 6 nitrogen and oxygen atoms in total. The summed E-state index contributed by atoms with van der Waals surface area (Å²) in [7, 11) is 0. The number of furan rings is 1. The van der Waals surface area contributed by atoms with E-state index in [-0.39, 0.29) is 18.0 Å². The number of aromatic nitrogens is 2. The van der Waals surface area contributed by atoms with Crippen molar-refractivity contribution < 1.29 is 9.21 Å². The standard InChI is InChI=1S/C20H21ClN4O2/c21-13-3-9-16(10-4-13)25-18(19-2-1-11-27-19)12-17(24-25)20(26)23-15-7-5-14(22)6-8-15/h1-4,9-12,14-15H,5-8,22H2,(H,23,26). The zero-order valence-electron chi connectivity index (χ0n) is 14.8. The lowest BCUT2D eigenvalue weighted by molar-refractivity contribution is 0.0920. The van der Waals surface area contributed by atoms with Gasteiger partial charge in [-0.05, 0) is 62.1 Å². The van der Waals surface area contributed by atoms with Crippen LogP contribution in [0.4, 0.5) is 0 Å². The molecule has 0 atom stereocenters. The normalized spacial score (nSPS) is 19.8. The van der Waals surface area contributed by atoms with Crippen LogP contribution in [0.3, 0.4) is 0 Å². The number of nitrogens with two attached hydrogens (primary N) is 1. The van der Waals surface area contributed by atoms with Crippen LogP contribution in [0.2, 0.25) is 5.02 Å². The first-order valence-corrected chi connectivity index (χ1v) is 9.44. The number of carbonyl (C=O) groups is 1. The summed E-state index contributed by atoms with van der Waals surface area (Å²) in [6.07, 6.45) is 5.26. The molecular formula is C20H21ClN4O2. The topological polar surface area (TPSA) is 86.1 Å². The molecule has 7 heteroatoms. The lowest BCUT2D eigenvalue weighted by atomic mass is 9.92. The van der Waals surface area contributed by atoms with E-state index < -0.39 is 0 Å². The fourth-order valence-electron chi connectivity index (χ4n) is 3.39. The maximum absolute atomic E-state index is 12.7. The number of hydrogen-bond acceptors (Lipinski definition) is 4. The average molecular weight is 385 g/mol. The minimum atomic E-state index is -0.184. The summed E-state index contributed by atoms with van der Waals surface area (Å²) in [5, 5.41) is 8.24. The minimum Gasteiger partial charge on any atom is -0.463 e. The van der Waals surface area contributed by atoms with Gasteiger partial charge in [-0.1, -0.05) is 11.6 Å². The Balaban J connectivity index is 1.63. The monoisotopic (exact) mass is 384 g/mol. The maximum atomic E-state index is 12.7. The number of benzene rings is 1. The number of nitrogens with one attached hydrogen (secondary N) is 1. The van der Waals surface area contributed by atoms with Crippen molar-refractivity contribution in [2.45, 2.75) is 37.8 Å². The average Bonchev–Trinajstić information content (AvgIpc) is 3.33. The number of carbonyl (C=O) groups excluding carboxylic acids is 1. The van der Waals surface area contributed by atoms with Crippen LogP contribution in [0.25, 0.3) is 17.1 Å². The molecule has 0 radical (unpaired) electrons. The largest absolute Gasteiger partial charge is 0.463 e. The lowest BCUT2D eigenvalue weighted by Gasteiger charge is -2.26. The van der Waals surface area contributed by atoms with Crippen molar-refractivity contribution in [3.63, 3.8) is 0 Å². The van der Waals surface area contributed by atoms with Gasteiger partial charge in [-0.3, -0.25) is 4.79 Å². The predicted molar refractivity (Wildman–Crippen MR) is 104 cm³/mol. The SMILES string of the molecule is NC1CCC(NC(=O)c2cc(-c3ccco3)n(-c3ccc(Cl)cc3)n2)CC1. The van der Waals surface area contributed by atoms with Crippen molar-refractivity contribution in [2.24, 2.45) is 5.73 Å². The molecule has 4 rings (SSSR count). The van der Waals surface area contributed by atoms with E-state index in [2.05, 4.69) is 10.4 Å². The van der Waals surface area contributed by atoms with Gasteiger partial charge in [0.1, 0.15) is 5.69 Å². The fourth-order valence-corrected chi connectivity index (χ4v) is 3.52. The van der Waals surface area contributed by atoms with Crippen molar-refractivity contribution in [3.8, 4) is 17.1 Å². The molecule has 1 fully saturated rings. The van der Waals surface area contributed by atoms with E-state index in [9.17, 15) is 4.79 Å². The van der Waals surface area contributed by atoms with E-state index in [1.165, 1.54) is 0 Å². The molecule has 0 bridgehead atoms. The Kier molecular flexibility index (Phi) is 5.01. The number of halogens is 1. The smallest absolute Gasteiger partial charge is 0.272 e. The van der Waals surface area contributed by atoms with E-state index in [0.29, 0.717) is 22.2 Å². The predicted octanol–water partition coefficient (Wildman–Crippen LogP) is 3.79. The van der Waals surface area contributed by atoms with Crippen LogP contribution in [0.1, 0.15) is 36.2 Å². The maximum Gasteiger partial charge on any atom is 0.272 e. The Bertz CT molecular complexity index is 910. The molecule has 0 unspecified atom stereocenters. The van der Waals surface area contributed by atoms with Crippen molar-refractivity contribution in [2.75, 3.05) is 0 Å². The van der Waals surface area contributed by atoms with Crippen LogP contribution in [0.5, 0.6) is 0 Å². The van der Waals surface area contributed by atoms with Gasteiger partial charge in [0.05, 0.1) is 12.0 Å². The van der Waals surface area contributed by atoms with Gasteiger partial charge in [-0.2, -0.15) is 5.10 Å². The first-order valence-electron chi connectivity index (χ1n) is 9.06. The molecule has 0 saturated heterocycles. The van der Waals surface area contributed by atoms with Gasteiger partial charge in [0.15, 0.2) is 11.5 Å². The second kappa shape index (κ2) is 7.58. The summed E-state index contributed by atoms with van der Waals surface area (Å²) in [5.74, 6) is 0.455. The van der Waals surface area contributed by atoms with Crippen LogP contribution < -0.4 is 11.1 Å². The molecule has 0 aliphatic heterocycles. The van der Waals surface area contributed by atoms with Crippen LogP contribution >= 0.6 is 11.6 Å². The molecule has 1 aliphatic carbocycles. The highest BCUT2D eigenvalue weighted by atomic mass is 35.5. The Hall–Kier alpha value is -2.57. The Morgan fingerprint density at radius 1 is 1.19 bits per heavy atom. The van der Waals surface area contributed by atoms with Crippen LogP contribution in [-0.2, 0) is 0 Å². The highest BCUT2D eigenvalue weighted by Gasteiger charge is 2.23. The molecule has 1 amide bonds. The zero-order chi connectivity index (χ0) is 18.8. The first-order chi connectivity index (χ1) is 13.1.